The Balaban J connectivity index is 1.64. The Morgan fingerprint density at radius 3 is 1.66 bits per heavy atom. The second-order valence-corrected chi connectivity index (χ2v) is 6.35. The van der Waals surface area contributed by atoms with Crippen molar-refractivity contribution in [1.29, 1.82) is 0 Å². The minimum atomic E-state index is -0.718. The summed E-state index contributed by atoms with van der Waals surface area (Å²) in [5.41, 5.74) is 3.27. The fourth-order valence-corrected chi connectivity index (χ4v) is 2.84. The summed E-state index contributed by atoms with van der Waals surface area (Å²) in [4.78, 5) is 42.8. The molecule has 0 amide bonds. The molecule has 29 heavy (non-hydrogen) atoms. The summed E-state index contributed by atoms with van der Waals surface area (Å²) in [6, 6.07) is 20.9. The molecule has 4 aromatic rings. The SMILES string of the molecule is Cc1cccc(-c2cccc(C(=O)C(=O)c3cccc(-c4ccccn4)n3)n2)n1. The Morgan fingerprint density at radius 1 is 0.586 bits per heavy atom. The molecule has 0 spiro atoms. The summed E-state index contributed by atoms with van der Waals surface area (Å²) in [6.45, 7) is 1.88. The molecule has 0 N–H and O–H groups in total. The van der Waals surface area contributed by atoms with Gasteiger partial charge in [-0.05, 0) is 55.5 Å². The summed E-state index contributed by atoms with van der Waals surface area (Å²) in [6.07, 6.45) is 1.64. The summed E-state index contributed by atoms with van der Waals surface area (Å²) < 4.78 is 0. The van der Waals surface area contributed by atoms with Crippen LogP contribution in [0.5, 0.6) is 0 Å². The average Bonchev–Trinajstić information content (AvgIpc) is 2.79. The highest BCUT2D eigenvalue weighted by molar-refractivity contribution is 6.48. The van der Waals surface area contributed by atoms with Crippen molar-refractivity contribution in [2.24, 2.45) is 0 Å². The normalized spacial score (nSPS) is 10.5. The average molecular weight is 380 g/mol. The van der Waals surface area contributed by atoms with Gasteiger partial charge in [-0.15, -0.1) is 0 Å². The standard InChI is InChI=1S/C23H16N4O2/c1-15-7-4-9-18(25-15)19-11-6-13-21(27-19)23(29)22(28)20-12-5-10-17(26-20)16-8-2-3-14-24-16/h2-14H,1H3. The van der Waals surface area contributed by atoms with Crippen molar-refractivity contribution >= 4 is 11.6 Å². The Bertz CT molecular complexity index is 1210. The van der Waals surface area contributed by atoms with Crippen LogP contribution in [0.4, 0.5) is 0 Å². The molecule has 0 bridgehead atoms. The number of hydrogen-bond donors (Lipinski definition) is 0. The Kier molecular flexibility index (Phi) is 4.99. The predicted octanol–water partition coefficient (Wildman–Crippen LogP) is 3.97. The molecule has 0 unspecified atom stereocenters. The Labute approximate surface area is 167 Å². The fourth-order valence-electron chi connectivity index (χ4n) is 2.84. The van der Waals surface area contributed by atoms with Crippen molar-refractivity contribution in [3.63, 3.8) is 0 Å². The first-order valence-electron chi connectivity index (χ1n) is 9.00. The monoisotopic (exact) mass is 380 g/mol. The van der Waals surface area contributed by atoms with E-state index in [-0.39, 0.29) is 11.4 Å². The van der Waals surface area contributed by atoms with Gasteiger partial charge in [0.1, 0.15) is 11.4 Å². The van der Waals surface area contributed by atoms with Gasteiger partial charge < -0.3 is 0 Å². The third-order valence-electron chi connectivity index (χ3n) is 4.25. The van der Waals surface area contributed by atoms with Gasteiger partial charge in [0.2, 0.25) is 0 Å². The van der Waals surface area contributed by atoms with Gasteiger partial charge in [-0.1, -0.05) is 24.3 Å². The van der Waals surface area contributed by atoms with Crippen LogP contribution in [-0.4, -0.2) is 31.5 Å². The number of Topliss-reactive ketones (excluding diaryl/α,β-unsaturated/α-hetero) is 2. The molecule has 0 atom stereocenters. The third-order valence-corrected chi connectivity index (χ3v) is 4.25. The molecule has 140 valence electrons. The van der Waals surface area contributed by atoms with Crippen molar-refractivity contribution in [3.05, 3.63) is 96.1 Å². The molecule has 6 heteroatoms. The van der Waals surface area contributed by atoms with Gasteiger partial charge in [-0.25, -0.2) is 9.97 Å². The van der Waals surface area contributed by atoms with E-state index < -0.39 is 11.6 Å². The molecule has 4 rings (SSSR count). The van der Waals surface area contributed by atoms with E-state index in [1.165, 1.54) is 12.1 Å². The minimum Gasteiger partial charge on any atom is -0.283 e. The van der Waals surface area contributed by atoms with Crippen LogP contribution >= 0.6 is 0 Å². The second-order valence-electron chi connectivity index (χ2n) is 6.35. The van der Waals surface area contributed by atoms with E-state index >= 15 is 0 Å². The Morgan fingerprint density at radius 2 is 1.10 bits per heavy atom. The van der Waals surface area contributed by atoms with Gasteiger partial charge in [0.15, 0.2) is 0 Å². The van der Waals surface area contributed by atoms with Crippen LogP contribution in [-0.2, 0) is 0 Å². The number of aryl methyl sites for hydroxylation is 1. The quantitative estimate of drug-likeness (QED) is 0.385. The van der Waals surface area contributed by atoms with Crippen LogP contribution in [0.1, 0.15) is 26.7 Å². The predicted molar refractivity (Wildman–Crippen MR) is 108 cm³/mol. The lowest BCUT2D eigenvalue weighted by Crippen LogP contribution is -2.17. The van der Waals surface area contributed by atoms with Crippen LogP contribution in [0.15, 0.2) is 79.0 Å². The number of ketones is 2. The third kappa shape index (κ3) is 3.96. The van der Waals surface area contributed by atoms with Gasteiger partial charge in [0.25, 0.3) is 11.6 Å². The number of hydrogen-bond acceptors (Lipinski definition) is 6. The molecule has 0 saturated carbocycles. The zero-order chi connectivity index (χ0) is 20.2. The highest BCUT2D eigenvalue weighted by Gasteiger charge is 2.22. The first-order valence-corrected chi connectivity index (χ1v) is 9.00. The van der Waals surface area contributed by atoms with Crippen molar-refractivity contribution in [1.82, 2.24) is 19.9 Å². The number of aromatic nitrogens is 4. The van der Waals surface area contributed by atoms with E-state index in [1.807, 2.05) is 31.2 Å². The number of pyridine rings is 4. The van der Waals surface area contributed by atoms with Crippen LogP contribution < -0.4 is 0 Å². The molecule has 4 heterocycles. The molecule has 0 aliphatic carbocycles. The lowest BCUT2D eigenvalue weighted by Gasteiger charge is -2.05. The van der Waals surface area contributed by atoms with Gasteiger partial charge in [-0.3, -0.25) is 19.6 Å². The fraction of sp³-hybridized carbons (Fsp3) is 0.0435. The molecular formula is C23H16N4O2. The second kappa shape index (κ2) is 7.90. The van der Waals surface area contributed by atoms with E-state index in [0.29, 0.717) is 22.8 Å². The number of carbonyl (C=O) groups excluding carboxylic acids is 2. The highest BCUT2D eigenvalue weighted by atomic mass is 16.2. The maximum Gasteiger partial charge on any atom is 0.253 e. The maximum absolute atomic E-state index is 12.8. The minimum absolute atomic E-state index is 0.0547. The molecule has 6 nitrogen and oxygen atoms in total. The summed E-state index contributed by atoms with van der Waals surface area (Å²) in [5.74, 6) is -1.44. The zero-order valence-electron chi connectivity index (χ0n) is 15.6. The van der Waals surface area contributed by atoms with Crippen molar-refractivity contribution in [2.75, 3.05) is 0 Å². The van der Waals surface area contributed by atoms with Crippen molar-refractivity contribution < 1.29 is 9.59 Å². The molecule has 0 fully saturated rings. The smallest absolute Gasteiger partial charge is 0.253 e. The molecular weight excluding hydrogens is 364 g/mol. The van der Waals surface area contributed by atoms with E-state index in [0.717, 1.165) is 5.69 Å². The van der Waals surface area contributed by atoms with Gasteiger partial charge >= 0.3 is 0 Å². The van der Waals surface area contributed by atoms with Crippen molar-refractivity contribution in [2.45, 2.75) is 6.92 Å². The van der Waals surface area contributed by atoms with E-state index in [9.17, 15) is 9.59 Å². The summed E-state index contributed by atoms with van der Waals surface area (Å²) >= 11 is 0. The first kappa shape index (κ1) is 18.3. The van der Waals surface area contributed by atoms with E-state index in [1.54, 1.807) is 42.6 Å². The van der Waals surface area contributed by atoms with Gasteiger partial charge in [0, 0.05) is 11.9 Å². The van der Waals surface area contributed by atoms with Crippen LogP contribution in [0.25, 0.3) is 22.8 Å². The number of rotatable bonds is 5. The van der Waals surface area contributed by atoms with Crippen LogP contribution in [0.3, 0.4) is 0 Å². The molecule has 0 radical (unpaired) electrons. The lowest BCUT2D eigenvalue weighted by molar-refractivity contribution is 0.0811. The lowest BCUT2D eigenvalue weighted by atomic mass is 10.1. The molecule has 0 saturated heterocycles. The van der Waals surface area contributed by atoms with E-state index in [2.05, 4.69) is 19.9 Å². The zero-order valence-corrected chi connectivity index (χ0v) is 15.6. The first-order chi connectivity index (χ1) is 14.1. The summed E-state index contributed by atoms with van der Waals surface area (Å²) in [7, 11) is 0. The highest BCUT2D eigenvalue weighted by Crippen LogP contribution is 2.17. The van der Waals surface area contributed by atoms with E-state index in [4.69, 9.17) is 0 Å². The number of nitrogens with zero attached hydrogens (tertiary/aromatic N) is 4. The number of carbonyl (C=O) groups is 2. The van der Waals surface area contributed by atoms with Crippen LogP contribution in [0, 0.1) is 6.92 Å². The molecule has 0 aliphatic heterocycles. The maximum atomic E-state index is 12.8. The van der Waals surface area contributed by atoms with Crippen LogP contribution in [0.2, 0.25) is 0 Å². The topological polar surface area (TPSA) is 85.7 Å². The van der Waals surface area contributed by atoms with Gasteiger partial charge in [-0.2, -0.15) is 0 Å². The molecule has 0 aromatic carbocycles. The molecule has 4 aromatic heterocycles. The summed E-state index contributed by atoms with van der Waals surface area (Å²) in [5, 5.41) is 0. The largest absolute Gasteiger partial charge is 0.283 e. The van der Waals surface area contributed by atoms with Gasteiger partial charge in [0.05, 0.1) is 22.8 Å². The molecule has 0 aliphatic rings. The van der Waals surface area contributed by atoms with Crippen molar-refractivity contribution in [3.8, 4) is 22.8 Å². The Hall–Kier alpha value is -4.06.